The van der Waals surface area contributed by atoms with Gasteiger partial charge in [0.15, 0.2) is 11.0 Å². The SMILES string of the molecule is Cn1c(SCC(O)c2ccc(C#N)cc2)nnc1-c1ccncc1. The Labute approximate surface area is 143 Å². The molecular weight excluding hydrogens is 322 g/mol. The fourth-order valence-corrected chi connectivity index (χ4v) is 3.10. The zero-order valence-corrected chi connectivity index (χ0v) is 13.8. The summed E-state index contributed by atoms with van der Waals surface area (Å²) < 4.78 is 1.89. The van der Waals surface area contributed by atoms with Crippen molar-refractivity contribution < 1.29 is 5.11 Å². The second-order valence-corrected chi connectivity index (χ2v) is 6.15. The van der Waals surface area contributed by atoms with Gasteiger partial charge in [-0.2, -0.15) is 5.26 Å². The first-order valence-corrected chi connectivity index (χ1v) is 8.28. The van der Waals surface area contributed by atoms with E-state index in [0.29, 0.717) is 11.3 Å². The molecule has 1 aromatic carbocycles. The van der Waals surface area contributed by atoms with Gasteiger partial charge in [0.25, 0.3) is 0 Å². The standard InChI is InChI=1S/C17H15N5OS/c1-22-16(14-6-8-19-9-7-14)20-21-17(22)24-11-15(23)13-4-2-12(10-18)3-5-13/h2-9,15,23H,11H2,1H3. The van der Waals surface area contributed by atoms with Gasteiger partial charge in [0.1, 0.15) is 0 Å². The molecule has 0 spiro atoms. The van der Waals surface area contributed by atoms with E-state index in [-0.39, 0.29) is 0 Å². The first-order chi connectivity index (χ1) is 11.7. The molecule has 0 saturated heterocycles. The van der Waals surface area contributed by atoms with Crippen LogP contribution in [0.3, 0.4) is 0 Å². The van der Waals surface area contributed by atoms with Gasteiger partial charge in [-0.1, -0.05) is 23.9 Å². The fraction of sp³-hybridized carbons (Fsp3) is 0.176. The van der Waals surface area contributed by atoms with Crippen molar-refractivity contribution in [2.24, 2.45) is 7.05 Å². The van der Waals surface area contributed by atoms with E-state index in [2.05, 4.69) is 21.3 Å². The van der Waals surface area contributed by atoms with Crippen LogP contribution in [0.5, 0.6) is 0 Å². The van der Waals surface area contributed by atoms with Crippen LogP contribution in [0.2, 0.25) is 0 Å². The molecule has 3 rings (SSSR count). The highest BCUT2D eigenvalue weighted by atomic mass is 32.2. The van der Waals surface area contributed by atoms with Crippen LogP contribution in [-0.2, 0) is 7.05 Å². The Morgan fingerprint density at radius 2 is 1.88 bits per heavy atom. The molecule has 0 aliphatic carbocycles. The molecule has 6 nitrogen and oxygen atoms in total. The van der Waals surface area contributed by atoms with Gasteiger partial charge >= 0.3 is 0 Å². The molecule has 2 aromatic heterocycles. The summed E-state index contributed by atoms with van der Waals surface area (Å²) in [5, 5.41) is 28.2. The van der Waals surface area contributed by atoms with Gasteiger partial charge in [0.2, 0.25) is 0 Å². The lowest BCUT2D eigenvalue weighted by atomic mass is 10.1. The first kappa shape index (κ1) is 16.2. The summed E-state index contributed by atoms with van der Waals surface area (Å²) in [4.78, 5) is 4.00. The molecule has 1 atom stereocenters. The molecule has 0 saturated carbocycles. The lowest BCUT2D eigenvalue weighted by Gasteiger charge is -2.10. The van der Waals surface area contributed by atoms with E-state index in [9.17, 15) is 5.11 Å². The van der Waals surface area contributed by atoms with E-state index >= 15 is 0 Å². The highest BCUT2D eigenvalue weighted by Gasteiger charge is 2.14. The minimum absolute atomic E-state index is 0.453. The molecule has 0 fully saturated rings. The fourth-order valence-electron chi connectivity index (χ4n) is 2.22. The van der Waals surface area contributed by atoms with Gasteiger partial charge < -0.3 is 9.67 Å². The zero-order valence-electron chi connectivity index (χ0n) is 13.0. The highest BCUT2D eigenvalue weighted by Crippen LogP contribution is 2.26. The van der Waals surface area contributed by atoms with Crippen molar-refractivity contribution in [3.05, 3.63) is 59.9 Å². The number of nitriles is 1. The molecule has 7 heteroatoms. The van der Waals surface area contributed by atoms with E-state index in [1.807, 2.05) is 23.7 Å². The Kier molecular flexibility index (Phi) is 4.89. The van der Waals surface area contributed by atoms with Gasteiger partial charge in [-0.3, -0.25) is 4.98 Å². The molecule has 2 heterocycles. The van der Waals surface area contributed by atoms with E-state index in [1.165, 1.54) is 11.8 Å². The lowest BCUT2D eigenvalue weighted by molar-refractivity contribution is 0.204. The van der Waals surface area contributed by atoms with Crippen LogP contribution in [0.1, 0.15) is 17.2 Å². The van der Waals surface area contributed by atoms with Gasteiger partial charge in [-0.05, 0) is 29.8 Å². The number of thioether (sulfide) groups is 1. The maximum Gasteiger partial charge on any atom is 0.191 e. The first-order valence-electron chi connectivity index (χ1n) is 7.29. The summed E-state index contributed by atoms with van der Waals surface area (Å²) in [6, 6.07) is 12.8. The number of hydrogen-bond donors (Lipinski definition) is 1. The van der Waals surface area contributed by atoms with E-state index < -0.39 is 6.10 Å². The Morgan fingerprint density at radius 3 is 2.54 bits per heavy atom. The molecule has 1 unspecified atom stereocenters. The third kappa shape index (κ3) is 3.45. The minimum atomic E-state index is -0.635. The second kappa shape index (κ2) is 7.25. The zero-order chi connectivity index (χ0) is 16.9. The number of aromatic nitrogens is 4. The molecule has 0 amide bonds. The van der Waals surface area contributed by atoms with Crippen LogP contribution in [0, 0.1) is 11.3 Å². The molecule has 120 valence electrons. The van der Waals surface area contributed by atoms with Crippen LogP contribution in [0.4, 0.5) is 0 Å². The predicted octanol–water partition coefficient (Wildman–Crippen LogP) is 2.57. The third-order valence-corrected chi connectivity index (χ3v) is 4.66. The molecule has 3 aromatic rings. The van der Waals surface area contributed by atoms with Crippen molar-refractivity contribution in [2.45, 2.75) is 11.3 Å². The van der Waals surface area contributed by atoms with Crippen molar-refractivity contribution in [3.8, 4) is 17.5 Å². The Hall–Kier alpha value is -2.69. The molecule has 0 bridgehead atoms. The van der Waals surface area contributed by atoms with E-state index in [4.69, 9.17) is 5.26 Å². The van der Waals surface area contributed by atoms with E-state index in [0.717, 1.165) is 22.1 Å². The smallest absolute Gasteiger partial charge is 0.191 e. The average Bonchev–Trinajstić information content (AvgIpc) is 3.01. The molecule has 0 aliphatic rings. The maximum absolute atomic E-state index is 10.3. The lowest BCUT2D eigenvalue weighted by Crippen LogP contribution is -2.02. The quantitative estimate of drug-likeness (QED) is 0.720. The summed E-state index contributed by atoms with van der Waals surface area (Å²) in [6.07, 6.45) is 2.79. The van der Waals surface area contributed by atoms with Gasteiger partial charge in [0, 0.05) is 30.8 Å². The number of benzene rings is 1. The number of aliphatic hydroxyl groups is 1. The van der Waals surface area contributed by atoms with Gasteiger partial charge in [0.05, 0.1) is 17.7 Å². The molecule has 0 aliphatic heterocycles. The van der Waals surface area contributed by atoms with E-state index in [1.54, 1.807) is 36.7 Å². The topological polar surface area (TPSA) is 87.6 Å². The minimum Gasteiger partial charge on any atom is -0.388 e. The molecule has 0 radical (unpaired) electrons. The maximum atomic E-state index is 10.3. The predicted molar refractivity (Wildman–Crippen MR) is 91.1 cm³/mol. The Morgan fingerprint density at radius 1 is 1.17 bits per heavy atom. The summed E-state index contributed by atoms with van der Waals surface area (Å²) >= 11 is 1.43. The average molecular weight is 337 g/mol. The number of rotatable bonds is 5. The van der Waals surface area contributed by atoms with Crippen molar-refractivity contribution in [1.82, 2.24) is 19.7 Å². The van der Waals surface area contributed by atoms with Crippen LogP contribution in [0.25, 0.3) is 11.4 Å². The number of nitrogens with zero attached hydrogens (tertiary/aromatic N) is 5. The summed E-state index contributed by atoms with van der Waals surface area (Å²) in [6.45, 7) is 0. The van der Waals surface area contributed by atoms with Crippen molar-refractivity contribution in [2.75, 3.05) is 5.75 Å². The third-order valence-electron chi connectivity index (χ3n) is 3.57. The van der Waals surface area contributed by atoms with Crippen LogP contribution >= 0.6 is 11.8 Å². The van der Waals surface area contributed by atoms with Gasteiger partial charge in [-0.25, -0.2) is 0 Å². The Balaban J connectivity index is 1.68. The largest absolute Gasteiger partial charge is 0.388 e. The molecule has 1 N–H and O–H groups in total. The van der Waals surface area contributed by atoms with Crippen molar-refractivity contribution in [3.63, 3.8) is 0 Å². The van der Waals surface area contributed by atoms with Crippen LogP contribution in [0.15, 0.2) is 53.9 Å². The second-order valence-electron chi connectivity index (χ2n) is 5.16. The summed E-state index contributed by atoms with van der Waals surface area (Å²) in [5.41, 5.74) is 2.30. The molecule has 24 heavy (non-hydrogen) atoms. The van der Waals surface area contributed by atoms with Crippen molar-refractivity contribution >= 4 is 11.8 Å². The number of aliphatic hydroxyl groups excluding tert-OH is 1. The molecular formula is C17H15N5OS. The number of hydrogen-bond acceptors (Lipinski definition) is 6. The Bertz CT molecular complexity index is 855. The number of pyridine rings is 1. The van der Waals surface area contributed by atoms with Crippen LogP contribution < -0.4 is 0 Å². The van der Waals surface area contributed by atoms with Gasteiger partial charge in [-0.15, -0.1) is 10.2 Å². The summed E-state index contributed by atoms with van der Waals surface area (Å²) in [5.74, 6) is 1.21. The normalized spacial score (nSPS) is 11.9. The van der Waals surface area contributed by atoms with Crippen LogP contribution in [-0.4, -0.2) is 30.6 Å². The summed E-state index contributed by atoms with van der Waals surface area (Å²) in [7, 11) is 1.90. The van der Waals surface area contributed by atoms with Crippen molar-refractivity contribution in [1.29, 1.82) is 5.26 Å². The monoisotopic (exact) mass is 337 g/mol. The highest BCUT2D eigenvalue weighted by molar-refractivity contribution is 7.99.